The quantitative estimate of drug-likeness (QED) is 0.921. The second-order valence-electron chi connectivity index (χ2n) is 6.42. The normalized spacial score (nSPS) is 20.5. The highest BCUT2D eigenvalue weighted by molar-refractivity contribution is 5.89. The molecule has 1 aromatic rings. The van der Waals surface area contributed by atoms with Crippen molar-refractivity contribution in [1.29, 1.82) is 0 Å². The molecule has 4 nitrogen and oxygen atoms in total. The summed E-state index contributed by atoms with van der Waals surface area (Å²) in [6.45, 7) is 3.61. The van der Waals surface area contributed by atoms with Crippen LogP contribution in [0.3, 0.4) is 0 Å². The molecule has 2 aliphatic rings. The van der Waals surface area contributed by atoms with Gasteiger partial charge in [0.2, 0.25) is 5.91 Å². The first kappa shape index (κ1) is 18.1. The lowest BCUT2D eigenvalue weighted by atomic mass is 9.77. The highest BCUT2D eigenvalue weighted by atomic mass is 35.5. The van der Waals surface area contributed by atoms with Crippen molar-refractivity contribution < 1.29 is 9.53 Å². The highest BCUT2D eigenvalue weighted by Gasteiger charge is 2.45. The van der Waals surface area contributed by atoms with E-state index in [-0.39, 0.29) is 17.8 Å². The Morgan fingerprint density at radius 1 is 1.17 bits per heavy atom. The van der Waals surface area contributed by atoms with Crippen molar-refractivity contribution in [3.8, 4) is 5.75 Å². The van der Waals surface area contributed by atoms with E-state index < -0.39 is 0 Å². The SMILES string of the molecule is COc1cccc(C2(C(=O)N3CCCNCC3)CCCC2)c1.Cl. The molecule has 5 heteroatoms. The van der Waals surface area contributed by atoms with Gasteiger partial charge >= 0.3 is 0 Å². The van der Waals surface area contributed by atoms with Gasteiger partial charge in [-0.1, -0.05) is 25.0 Å². The van der Waals surface area contributed by atoms with Gasteiger partial charge < -0.3 is 15.0 Å². The second kappa shape index (κ2) is 8.02. The molecular weight excluding hydrogens is 312 g/mol. The summed E-state index contributed by atoms with van der Waals surface area (Å²) in [6, 6.07) is 8.11. The summed E-state index contributed by atoms with van der Waals surface area (Å²) in [4.78, 5) is 15.4. The molecule has 1 saturated heterocycles. The Bertz CT molecular complexity index is 522. The van der Waals surface area contributed by atoms with Crippen molar-refractivity contribution >= 4 is 18.3 Å². The molecule has 3 rings (SSSR count). The molecule has 23 heavy (non-hydrogen) atoms. The first-order valence-corrected chi connectivity index (χ1v) is 8.41. The predicted octanol–water partition coefficient (Wildman–Crippen LogP) is 2.75. The van der Waals surface area contributed by atoms with Crippen LogP contribution in [0, 0.1) is 0 Å². The number of benzene rings is 1. The Kier molecular flexibility index (Phi) is 6.31. The monoisotopic (exact) mass is 338 g/mol. The number of nitrogens with one attached hydrogen (secondary N) is 1. The summed E-state index contributed by atoms with van der Waals surface area (Å²) in [7, 11) is 1.68. The first-order valence-electron chi connectivity index (χ1n) is 8.41. The van der Waals surface area contributed by atoms with Crippen LogP contribution in [0.2, 0.25) is 0 Å². The zero-order chi connectivity index (χ0) is 15.4. The van der Waals surface area contributed by atoms with Gasteiger partial charge in [-0.15, -0.1) is 12.4 Å². The lowest BCUT2D eigenvalue weighted by molar-refractivity contribution is -0.137. The summed E-state index contributed by atoms with van der Waals surface area (Å²) in [6.07, 6.45) is 5.23. The Hall–Kier alpha value is -1.26. The lowest BCUT2D eigenvalue weighted by Gasteiger charge is -2.34. The van der Waals surface area contributed by atoms with Crippen LogP contribution < -0.4 is 10.1 Å². The van der Waals surface area contributed by atoms with Gasteiger partial charge in [0.05, 0.1) is 12.5 Å². The van der Waals surface area contributed by atoms with Gasteiger partial charge in [0.1, 0.15) is 5.75 Å². The summed E-state index contributed by atoms with van der Waals surface area (Å²) in [5, 5.41) is 3.38. The number of amides is 1. The van der Waals surface area contributed by atoms with E-state index in [1.165, 1.54) is 0 Å². The van der Waals surface area contributed by atoms with Gasteiger partial charge in [-0.25, -0.2) is 0 Å². The van der Waals surface area contributed by atoms with E-state index in [9.17, 15) is 4.79 Å². The van der Waals surface area contributed by atoms with Crippen LogP contribution in [-0.4, -0.2) is 44.1 Å². The van der Waals surface area contributed by atoms with Gasteiger partial charge in [0, 0.05) is 19.6 Å². The van der Waals surface area contributed by atoms with Gasteiger partial charge in [0.25, 0.3) is 0 Å². The number of hydrogen-bond acceptors (Lipinski definition) is 3. The first-order chi connectivity index (χ1) is 10.8. The van der Waals surface area contributed by atoms with Crippen molar-refractivity contribution in [3.63, 3.8) is 0 Å². The number of hydrogen-bond donors (Lipinski definition) is 1. The molecule has 1 saturated carbocycles. The smallest absolute Gasteiger partial charge is 0.233 e. The standard InChI is InChI=1S/C18H26N2O2.ClH/c1-22-16-7-4-6-15(14-16)18(8-2-3-9-18)17(21)20-12-5-10-19-11-13-20;/h4,6-7,14,19H,2-3,5,8-13H2,1H3;1H. The van der Waals surface area contributed by atoms with Gasteiger partial charge in [-0.2, -0.15) is 0 Å². The molecule has 1 aliphatic heterocycles. The molecule has 1 N–H and O–H groups in total. The Labute approximate surface area is 145 Å². The van der Waals surface area contributed by atoms with Gasteiger partial charge in [-0.3, -0.25) is 4.79 Å². The van der Waals surface area contributed by atoms with Crippen LogP contribution in [0.4, 0.5) is 0 Å². The van der Waals surface area contributed by atoms with Crippen molar-refractivity contribution in [2.45, 2.75) is 37.5 Å². The minimum absolute atomic E-state index is 0. The molecule has 1 amide bonds. The van der Waals surface area contributed by atoms with Gasteiger partial charge in [0.15, 0.2) is 0 Å². The van der Waals surface area contributed by atoms with Crippen LogP contribution in [0.15, 0.2) is 24.3 Å². The van der Waals surface area contributed by atoms with Gasteiger partial charge in [-0.05, 0) is 43.5 Å². The molecule has 0 bridgehead atoms. The maximum Gasteiger partial charge on any atom is 0.233 e. The maximum atomic E-state index is 13.3. The summed E-state index contributed by atoms with van der Waals surface area (Å²) in [5.74, 6) is 1.16. The molecule has 0 spiro atoms. The number of halogens is 1. The summed E-state index contributed by atoms with van der Waals surface area (Å²) < 4.78 is 5.37. The third kappa shape index (κ3) is 3.64. The number of ether oxygens (including phenoxy) is 1. The molecular formula is C18H27ClN2O2. The number of carbonyl (C=O) groups excluding carboxylic acids is 1. The van der Waals surface area contributed by atoms with E-state index in [1.54, 1.807) is 7.11 Å². The predicted molar refractivity (Wildman–Crippen MR) is 94.5 cm³/mol. The molecule has 0 aromatic heterocycles. The second-order valence-corrected chi connectivity index (χ2v) is 6.42. The van der Waals surface area contributed by atoms with Crippen LogP contribution >= 0.6 is 12.4 Å². The Morgan fingerprint density at radius 3 is 2.70 bits per heavy atom. The number of rotatable bonds is 3. The van der Waals surface area contributed by atoms with E-state index in [2.05, 4.69) is 22.3 Å². The lowest BCUT2D eigenvalue weighted by Crippen LogP contribution is -2.46. The molecule has 2 fully saturated rings. The summed E-state index contributed by atoms with van der Waals surface area (Å²) >= 11 is 0. The average molecular weight is 339 g/mol. The Balaban J connectivity index is 0.00000192. The van der Waals surface area contributed by atoms with Crippen molar-refractivity contribution in [1.82, 2.24) is 10.2 Å². The largest absolute Gasteiger partial charge is 0.497 e. The number of methoxy groups -OCH3 is 1. The van der Waals surface area contributed by atoms with E-state index >= 15 is 0 Å². The Morgan fingerprint density at radius 2 is 1.96 bits per heavy atom. The fourth-order valence-corrected chi connectivity index (χ4v) is 3.88. The topological polar surface area (TPSA) is 41.6 Å². The third-order valence-electron chi connectivity index (χ3n) is 5.12. The third-order valence-corrected chi connectivity index (χ3v) is 5.12. The van der Waals surface area contributed by atoms with Crippen LogP contribution in [0.5, 0.6) is 5.75 Å². The fraction of sp³-hybridized carbons (Fsp3) is 0.611. The molecule has 0 radical (unpaired) electrons. The maximum absolute atomic E-state index is 13.3. The van der Waals surface area contributed by atoms with Crippen molar-refractivity contribution in [2.75, 3.05) is 33.3 Å². The number of carbonyl (C=O) groups is 1. The van der Waals surface area contributed by atoms with Crippen molar-refractivity contribution in [2.24, 2.45) is 0 Å². The zero-order valence-corrected chi connectivity index (χ0v) is 14.7. The van der Waals surface area contributed by atoms with Crippen LogP contribution in [0.25, 0.3) is 0 Å². The van der Waals surface area contributed by atoms with E-state index in [0.717, 1.165) is 69.6 Å². The molecule has 0 atom stereocenters. The van der Waals surface area contributed by atoms with Crippen molar-refractivity contribution in [3.05, 3.63) is 29.8 Å². The highest BCUT2D eigenvalue weighted by Crippen LogP contribution is 2.43. The van der Waals surface area contributed by atoms with Crippen LogP contribution in [-0.2, 0) is 10.2 Å². The van der Waals surface area contributed by atoms with E-state index in [4.69, 9.17) is 4.74 Å². The minimum Gasteiger partial charge on any atom is -0.497 e. The molecule has 1 heterocycles. The zero-order valence-electron chi connectivity index (χ0n) is 13.8. The molecule has 128 valence electrons. The molecule has 1 aliphatic carbocycles. The molecule has 1 aromatic carbocycles. The average Bonchev–Trinajstić information content (AvgIpc) is 2.91. The molecule has 0 unspecified atom stereocenters. The van der Waals surface area contributed by atoms with Crippen LogP contribution in [0.1, 0.15) is 37.7 Å². The number of nitrogens with zero attached hydrogens (tertiary/aromatic N) is 1. The summed E-state index contributed by atoms with van der Waals surface area (Å²) in [5.41, 5.74) is 0.797. The fourth-order valence-electron chi connectivity index (χ4n) is 3.88. The minimum atomic E-state index is -0.334. The van der Waals surface area contributed by atoms with E-state index in [1.807, 2.05) is 12.1 Å². The van der Waals surface area contributed by atoms with E-state index in [0.29, 0.717) is 5.91 Å².